The summed E-state index contributed by atoms with van der Waals surface area (Å²) < 4.78 is 0. The molecule has 0 saturated carbocycles. The van der Waals surface area contributed by atoms with E-state index < -0.39 is 0 Å². The highest BCUT2D eigenvalue weighted by atomic mass is 16.3. The first-order chi connectivity index (χ1) is 7.70. The molecule has 94 valence electrons. The van der Waals surface area contributed by atoms with Crippen LogP contribution >= 0.6 is 0 Å². The van der Waals surface area contributed by atoms with Crippen molar-refractivity contribution >= 4 is 5.91 Å². The van der Waals surface area contributed by atoms with Crippen molar-refractivity contribution in [2.45, 2.75) is 33.1 Å². The molecule has 4 heteroatoms. The van der Waals surface area contributed by atoms with Crippen LogP contribution in [0.25, 0.3) is 0 Å². The van der Waals surface area contributed by atoms with Gasteiger partial charge in [0.05, 0.1) is 5.41 Å². The molecule has 0 aliphatic carbocycles. The molecule has 1 aliphatic heterocycles. The van der Waals surface area contributed by atoms with Gasteiger partial charge in [0.25, 0.3) is 0 Å². The lowest BCUT2D eigenvalue weighted by molar-refractivity contribution is -0.141. The van der Waals surface area contributed by atoms with E-state index in [0.717, 1.165) is 32.5 Å². The molecule has 4 nitrogen and oxygen atoms in total. The van der Waals surface area contributed by atoms with Crippen LogP contribution in [0.2, 0.25) is 0 Å². The Hall–Kier alpha value is -0.610. The zero-order valence-corrected chi connectivity index (χ0v) is 10.5. The minimum atomic E-state index is -0.189. The first kappa shape index (κ1) is 13.5. The monoisotopic (exact) mass is 228 g/mol. The summed E-state index contributed by atoms with van der Waals surface area (Å²) in [7, 11) is 0. The lowest BCUT2D eigenvalue weighted by Gasteiger charge is -2.32. The number of nitrogens with zero attached hydrogens (tertiary/aromatic N) is 1. The van der Waals surface area contributed by atoms with Crippen LogP contribution in [0.15, 0.2) is 0 Å². The Labute approximate surface area is 98.0 Å². The topological polar surface area (TPSA) is 52.6 Å². The fourth-order valence-corrected chi connectivity index (χ4v) is 2.38. The van der Waals surface area contributed by atoms with Crippen molar-refractivity contribution in [3.63, 3.8) is 0 Å². The maximum absolute atomic E-state index is 12.4. The first-order valence-electron chi connectivity index (χ1n) is 6.31. The van der Waals surface area contributed by atoms with Gasteiger partial charge in [-0.3, -0.25) is 4.79 Å². The Balaban J connectivity index is 2.64. The Bertz CT molecular complexity index is 225. The number of nitrogens with one attached hydrogen (secondary N) is 1. The van der Waals surface area contributed by atoms with Crippen molar-refractivity contribution < 1.29 is 9.90 Å². The van der Waals surface area contributed by atoms with Gasteiger partial charge in [-0.05, 0) is 32.7 Å². The predicted octanol–water partition coefficient (Wildman–Crippen LogP) is 0.607. The molecule has 2 N–H and O–H groups in total. The summed E-state index contributed by atoms with van der Waals surface area (Å²) in [4.78, 5) is 14.3. The van der Waals surface area contributed by atoms with Crippen molar-refractivity contribution in [3.8, 4) is 0 Å². The van der Waals surface area contributed by atoms with Gasteiger partial charge >= 0.3 is 0 Å². The van der Waals surface area contributed by atoms with Gasteiger partial charge in [-0.25, -0.2) is 0 Å². The lowest BCUT2D eigenvalue weighted by Crippen LogP contribution is -2.45. The van der Waals surface area contributed by atoms with E-state index in [1.165, 1.54) is 0 Å². The molecule has 0 aromatic carbocycles. The summed E-state index contributed by atoms with van der Waals surface area (Å²) in [6, 6.07) is 0. The Morgan fingerprint density at radius 2 is 2.25 bits per heavy atom. The lowest BCUT2D eigenvalue weighted by atomic mass is 9.82. The van der Waals surface area contributed by atoms with Crippen molar-refractivity contribution in [1.29, 1.82) is 0 Å². The Morgan fingerprint density at radius 3 is 2.69 bits per heavy atom. The maximum atomic E-state index is 12.4. The molecule has 1 rings (SSSR count). The molecule has 1 atom stereocenters. The average Bonchev–Trinajstić information content (AvgIpc) is 2.79. The van der Waals surface area contributed by atoms with E-state index in [4.69, 9.17) is 5.11 Å². The molecule has 0 spiro atoms. The molecule has 0 bridgehead atoms. The highest BCUT2D eigenvalue weighted by molar-refractivity contribution is 5.83. The van der Waals surface area contributed by atoms with Crippen molar-refractivity contribution in [2.24, 2.45) is 5.41 Å². The summed E-state index contributed by atoms with van der Waals surface area (Å²) in [5, 5.41) is 12.1. The zero-order chi connectivity index (χ0) is 12.0. The molecule has 1 amide bonds. The molecule has 1 heterocycles. The van der Waals surface area contributed by atoms with E-state index in [0.29, 0.717) is 13.0 Å². The van der Waals surface area contributed by atoms with Crippen molar-refractivity contribution in [2.75, 3.05) is 32.8 Å². The highest BCUT2D eigenvalue weighted by Gasteiger charge is 2.41. The summed E-state index contributed by atoms with van der Waals surface area (Å²) in [6.07, 6.45) is 2.51. The van der Waals surface area contributed by atoms with E-state index in [9.17, 15) is 4.79 Å². The number of hydrogen-bond acceptors (Lipinski definition) is 3. The van der Waals surface area contributed by atoms with Crippen LogP contribution in [0, 0.1) is 5.41 Å². The zero-order valence-electron chi connectivity index (χ0n) is 10.5. The van der Waals surface area contributed by atoms with Gasteiger partial charge < -0.3 is 15.3 Å². The molecule has 1 aliphatic rings. The molecule has 1 unspecified atom stereocenters. The van der Waals surface area contributed by atoms with Gasteiger partial charge in [0.2, 0.25) is 5.91 Å². The Morgan fingerprint density at radius 1 is 1.50 bits per heavy atom. The smallest absolute Gasteiger partial charge is 0.230 e. The minimum absolute atomic E-state index is 0.154. The van der Waals surface area contributed by atoms with Crippen LogP contribution in [0.1, 0.15) is 33.1 Å². The third-order valence-corrected chi connectivity index (χ3v) is 3.63. The maximum Gasteiger partial charge on any atom is 0.230 e. The molecular weight excluding hydrogens is 204 g/mol. The third-order valence-electron chi connectivity index (χ3n) is 3.63. The number of carbonyl (C=O) groups excluding carboxylic acids is 1. The van der Waals surface area contributed by atoms with Gasteiger partial charge in [-0.1, -0.05) is 6.92 Å². The van der Waals surface area contributed by atoms with Crippen LogP contribution in [-0.4, -0.2) is 48.7 Å². The van der Waals surface area contributed by atoms with Gasteiger partial charge in [-0.15, -0.1) is 0 Å². The fourth-order valence-electron chi connectivity index (χ4n) is 2.38. The van der Waals surface area contributed by atoms with Crippen molar-refractivity contribution in [3.05, 3.63) is 0 Å². The average molecular weight is 228 g/mol. The number of rotatable bonds is 6. The molecule has 0 radical (unpaired) electrons. The molecule has 1 saturated heterocycles. The van der Waals surface area contributed by atoms with E-state index in [1.54, 1.807) is 0 Å². The Kier molecular flexibility index (Phi) is 5.22. The first-order valence-corrected chi connectivity index (χ1v) is 6.31. The quantitative estimate of drug-likeness (QED) is 0.700. The SMILES string of the molecule is CCN(CCCO)C(=O)C1(CC)CCNC1. The van der Waals surface area contributed by atoms with Crippen LogP contribution in [0.3, 0.4) is 0 Å². The van der Waals surface area contributed by atoms with Gasteiger partial charge in [-0.2, -0.15) is 0 Å². The van der Waals surface area contributed by atoms with Crippen LogP contribution in [0.5, 0.6) is 0 Å². The molecule has 0 aromatic heterocycles. The molecule has 1 fully saturated rings. The number of aliphatic hydroxyl groups is 1. The van der Waals surface area contributed by atoms with E-state index in [1.807, 2.05) is 11.8 Å². The third kappa shape index (κ3) is 2.74. The second-order valence-electron chi connectivity index (χ2n) is 4.52. The minimum Gasteiger partial charge on any atom is -0.396 e. The standard InChI is InChI=1S/C12H24N2O2/c1-3-12(6-7-13-10-12)11(16)14(4-2)8-5-9-15/h13,15H,3-10H2,1-2H3. The summed E-state index contributed by atoms with van der Waals surface area (Å²) in [5.41, 5.74) is -0.189. The van der Waals surface area contributed by atoms with Crippen LogP contribution < -0.4 is 5.32 Å². The highest BCUT2D eigenvalue weighted by Crippen LogP contribution is 2.31. The second-order valence-corrected chi connectivity index (χ2v) is 4.52. The summed E-state index contributed by atoms with van der Waals surface area (Å²) >= 11 is 0. The molecule has 16 heavy (non-hydrogen) atoms. The predicted molar refractivity (Wildman–Crippen MR) is 64.2 cm³/mol. The van der Waals surface area contributed by atoms with Gasteiger partial charge in [0, 0.05) is 26.2 Å². The largest absolute Gasteiger partial charge is 0.396 e. The second kappa shape index (κ2) is 6.21. The van der Waals surface area contributed by atoms with E-state index in [-0.39, 0.29) is 17.9 Å². The number of carbonyl (C=O) groups is 1. The molecule has 0 aromatic rings. The molecular formula is C12H24N2O2. The van der Waals surface area contributed by atoms with E-state index >= 15 is 0 Å². The number of amides is 1. The number of aliphatic hydroxyl groups excluding tert-OH is 1. The number of hydrogen-bond donors (Lipinski definition) is 2. The van der Waals surface area contributed by atoms with Crippen molar-refractivity contribution in [1.82, 2.24) is 10.2 Å². The van der Waals surface area contributed by atoms with Crippen LogP contribution in [-0.2, 0) is 4.79 Å². The van der Waals surface area contributed by atoms with Crippen LogP contribution in [0.4, 0.5) is 0 Å². The van der Waals surface area contributed by atoms with Gasteiger partial charge in [0.1, 0.15) is 0 Å². The normalized spacial score (nSPS) is 24.7. The fraction of sp³-hybridized carbons (Fsp3) is 0.917. The van der Waals surface area contributed by atoms with Gasteiger partial charge in [0.15, 0.2) is 0 Å². The summed E-state index contributed by atoms with van der Waals surface area (Å²) in [5.74, 6) is 0.260. The van der Waals surface area contributed by atoms with E-state index in [2.05, 4.69) is 12.2 Å². The summed E-state index contributed by atoms with van der Waals surface area (Å²) in [6.45, 7) is 7.40.